The van der Waals surface area contributed by atoms with Crippen LogP contribution in [0.5, 0.6) is 0 Å². The van der Waals surface area contributed by atoms with Crippen LogP contribution in [0.1, 0.15) is 40.0 Å². The third kappa shape index (κ3) is 2.93. The molecule has 0 aromatic carbocycles. The minimum atomic E-state index is -4.49. The Morgan fingerprint density at radius 1 is 1.12 bits per heavy atom. The standard InChI is InChI=1S/C10H18F3NO2S/c1-9(2,3)17(15,16)14-7-5-4-6-8(14)10(11,12)13/h8H,4-7H2,1-3H3/t8-/m0/s1. The molecule has 0 spiro atoms. The fraction of sp³-hybridized carbons (Fsp3) is 1.00. The molecule has 0 bridgehead atoms. The van der Waals surface area contributed by atoms with Crippen molar-refractivity contribution in [3.8, 4) is 0 Å². The van der Waals surface area contributed by atoms with Gasteiger partial charge in [0.15, 0.2) is 0 Å². The molecular formula is C10H18F3NO2S. The van der Waals surface area contributed by atoms with Crippen molar-refractivity contribution >= 4 is 10.0 Å². The molecule has 7 heteroatoms. The van der Waals surface area contributed by atoms with Crippen LogP contribution in [-0.2, 0) is 10.0 Å². The summed E-state index contributed by atoms with van der Waals surface area (Å²) in [4.78, 5) is 0. The lowest BCUT2D eigenvalue weighted by atomic mass is 10.0. The van der Waals surface area contributed by atoms with Crippen LogP contribution in [0.3, 0.4) is 0 Å². The normalized spacial score (nSPS) is 24.9. The largest absolute Gasteiger partial charge is 0.405 e. The van der Waals surface area contributed by atoms with Crippen molar-refractivity contribution in [3.05, 3.63) is 0 Å². The van der Waals surface area contributed by atoms with Gasteiger partial charge >= 0.3 is 6.18 Å². The number of alkyl halides is 3. The van der Waals surface area contributed by atoms with E-state index < -0.39 is 27.0 Å². The van der Waals surface area contributed by atoms with Crippen molar-refractivity contribution in [1.29, 1.82) is 0 Å². The fourth-order valence-electron chi connectivity index (χ4n) is 1.87. The van der Waals surface area contributed by atoms with Crippen LogP contribution >= 0.6 is 0 Å². The van der Waals surface area contributed by atoms with Crippen molar-refractivity contribution < 1.29 is 21.6 Å². The van der Waals surface area contributed by atoms with E-state index in [9.17, 15) is 21.6 Å². The summed E-state index contributed by atoms with van der Waals surface area (Å²) in [5.74, 6) is 0. The monoisotopic (exact) mass is 273 g/mol. The van der Waals surface area contributed by atoms with Gasteiger partial charge in [-0.05, 0) is 33.6 Å². The summed E-state index contributed by atoms with van der Waals surface area (Å²) in [6.45, 7) is 4.23. The predicted molar refractivity (Wildman–Crippen MR) is 59.1 cm³/mol. The van der Waals surface area contributed by atoms with Crippen LogP contribution in [0.15, 0.2) is 0 Å². The van der Waals surface area contributed by atoms with Gasteiger partial charge in [0, 0.05) is 6.54 Å². The second kappa shape index (κ2) is 4.42. The van der Waals surface area contributed by atoms with Crippen molar-refractivity contribution in [2.24, 2.45) is 0 Å². The summed E-state index contributed by atoms with van der Waals surface area (Å²) in [6.07, 6.45) is -3.72. The van der Waals surface area contributed by atoms with Gasteiger partial charge in [-0.2, -0.15) is 17.5 Å². The van der Waals surface area contributed by atoms with Crippen LogP contribution in [0.4, 0.5) is 13.2 Å². The molecule has 0 unspecified atom stereocenters. The fourth-order valence-corrected chi connectivity index (χ4v) is 3.50. The Kier molecular flexibility index (Phi) is 3.84. The minimum Gasteiger partial charge on any atom is -0.212 e. The van der Waals surface area contributed by atoms with Crippen molar-refractivity contribution in [1.82, 2.24) is 4.31 Å². The maximum Gasteiger partial charge on any atom is 0.405 e. The zero-order valence-corrected chi connectivity index (χ0v) is 11.0. The van der Waals surface area contributed by atoms with Crippen molar-refractivity contribution in [2.45, 2.75) is 57.0 Å². The first-order valence-corrected chi connectivity index (χ1v) is 7.00. The number of piperidine rings is 1. The van der Waals surface area contributed by atoms with Gasteiger partial charge in [0.05, 0.1) is 4.75 Å². The Morgan fingerprint density at radius 2 is 1.65 bits per heavy atom. The molecule has 1 aliphatic heterocycles. The highest BCUT2D eigenvalue weighted by Crippen LogP contribution is 2.36. The third-order valence-electron chi connectivity index (χ3n) is 2.91. The second-order valence-corrected chi connectivity index (χ2v) is 7.93. The van der Waals surface area contributed by atoms with Gasteiger partial charge in [-0.15, -0.1) is 0 Å². The molecule has 0 aromatic heterocycles. The summed E-state index contributed by atoms with van der Waals surface area (Å²) >= 11 is 0. The van der Waals surface area contributed by atoms with Gasteiger partial charge < -0.3 is 0 Å². The Bertz CT molecular complexity index is 370. The molecule has 17 heavy (non-hydrogen) atoms. The van der Waals surface area contributed by atoms with E-state index in [-0.39, 0.29) is 13.0 Å². The molecule has 1 atom stereocenters. The molecule has 1 heterocycles. The average Bonchev–Trinajstić information content (AvgIpc) is 2.14. The molecule has 0 radical (unpaired) electrons. The Hall–Kier alpha value is -0.300. The number of hydrogen-bond donors (Lipinski definition) is 0. The van der Waals surface area contributed by atoms with E-state index in [1.54, 1.807) is 0 Å². The predicted octanol–water partition coefficient (Wildman–Crippen LogP) is 2.53. The topological polar surface area (TPSA) is 37.4 Å². The first-order valence-electron chi connectivity index (χ1n) is 5.56. The van der Waals surface area contributed by atoms with Crippen molar-refractivity contribution in [3.63, 3.8) is 0 Å². The molecule has 0 aromatic rings. The number of rotatable bonds is 1. The van der Waals surface area contributed by atoms with Gasteiger partial charge in [-0.25, -0.2) is 8.42 Å². The highest BCUT2D eigenvalue weighted by atomic mass is 32.2. The summed E-state index contributed by atoms with van der Waals surface area (Å²) in [5.41, 5.74) is 0. The molecule has 0 aliphatic carbocycles. The van der Waals surface area contributed by atoms with Crippen LogP contribution in [0, 0.1) is 0 Å². The van der Waals surface area contributed by atoms with Crippen LogP contribution in [0.25, 0.3) is 0 Å². The first-order chi connectivity index (χ1) is 7.48. The maximum atomic E-state index is 12.8. The molecule has 0 saturated carbocycles. The molecule has 1 rings (SSSR count). The summed E-state index contributed by atoms with van der Waals surface area (Å²) in [6, 6.07) is -1.86. The van der Waals surface area contributed by atoms with Gasteiger partial charge in [0.1, 0.15) is 6.04 Å². The van der Waals surface area contributed by atoms with E-state index in [0.717, 1.165) is 0 Å². The van der Waals surface area contributed by atoms with E-state index >= 15 is 0 Å². The molecule has 1 aliphatic rings. The molecular weight excluding hydrogens is 255 g/mol. The number of nitrogens with zero attached hydrogens (tertiary/aromatic N) is 1. The molecule has 3 nitrogen and oxygen atoms in total. The second-order valence-electron chi connectivity index (χ2n) is 5.28. The van der Waals surface area contributed by atoms with E-state index in [0.29, 0.717) is 17.1 Å². The summed E-state index contributed by atoms with van der Waals surface area (Å²) < 4.78 is 62.0. The smallest absolute Gasteiger partial charge is 0.212 e. The summed E-state index contributed by atoms with van der Waals surface area (Å²) in [7, 11) is -3.92. The van der Waals surface area contributed by atoms with Crippen LogP contribution < -0.4 is 0 Å². The van der Waals surface area contributed by atoms with E-state index in [4.69, 9.17) is 0 Å². The zero-order chi connectivity index (χ0) is 13.5. The SMILES string of the molecule is CC(C)(C)S(=O)(=O)N1CCCC[C@H]1C(F)(F)F. The van der Waals surface area contributed by atoms with E-state index in [2.05, 4.69) is 0 Å². The number of halogens is 3. The van der Waals surface area contributed by atoms with Crippen molar-refractivity contribution in [2.75, 3.05) is 6.54 Å². The molecule has 102 valence electrons. The zero-order valence-electron chi connectivity index (χ0n) is 10.2. The first kappa shape index (κ1) is 14.8. The van der Waals surface area contributed by atoms with Gasteiger partial charge in [-0.3, -0.25) is 0 Å². The Morgan fingerprint density at radius 3 is 2.06 bits per heavy atom. The Balaban J connectivity index is 3.10. The maximum absolute atomic E-state index is 12.8. The van der Waals surface area contributed by atoms with Crippen LogP contribution in [-0.4, -0.2) is 36.2 Å². The minimum absolute atomic E-state index is 0.0379. The lowest BCUT2D eigenvalue weighted by molar-refractivity contribution is -0.177. The molecule has 0 N–H and O–H groups in total. The molecule has 0 amide bonds. The highest BCUT2D eigenvalue weighted by molar-refractivity contribution is 7.90. The van der Waals surface area contributed by atoms with Gasteiger partial charge in [0.25, 0.3) is 0 Å². The van der Waals surface area contributed by atoms with E-state index in [1.807, 2.05) is 0 Å². The third-order valence-corrected chi connectivity index (χ3v) is 5.52. The lowest BCUT2D eigenvalue weighted by Crippen LogP contribution is -2.55. The quantitative estimate of drug-likeness (QED) is 0.736. The van der Waals surface area contributed by atoms with E-state index in [1.165, 1.54) is 20.8 Å². The Labute approximate surface area is 100 Å². The summed E-state index contributed by atoms with van der Waals surface area (Å²) in [5, 5.41) is 0. The average molecular weight is 273 g/mol. The number of sulfonamides is 1. The molecule has 1 saturated heterocycles. The van der Waals surface area contributed by atoms with Crippen LogP contribution in [0.2, 0.25) is 0 Å². The molecule has 1 fully saturated rings. The van der Waals surface area contributed by atoms with Gasteiger partial charge in [0.2, 0.25) is 10.0 Å². The number of hydrogen-bond acceptors (Lipinski definition) is 2. The highest BCUT2D eigenvalue weighted by Gasteiger charge is 2.51. The lowest BCUT2D eigenvalue weighted by Gasteiger charge is -2.39. The van der Waals surface area contributed by atoms with Gasteiger partial charge in [-0.1, -0.05) is 6.42 Å².